The number of pyridine rings is 1. The molecule has 3 rings (SSSR count). The average molecular weight is 273 g/mol. The number of anilines is 1. The molecule has 2 aromatic heterocycles. The van der Waals surface area contributed by atoms with Crippen molar-refractivity contribution in [3.63, 3.8) is 0 Å². The normalized spacial score (nSPS) is 10.7. The molecule has 0 spiro atoms. The maximum absolute atomic E-state index is 13.9. The number of nitrogens with zero attached hydrogens (tertiary/aromatic N) is 2. The molecule has 0 atom stereocenters. The van der Waals surface area contributed by atoms with Crippen molar-refractivity contribution in [3.8, 4) is 22.4 Å². The van der Waals surface area contributed by atoms with Crippen molar-refractivity contribution in [1.82, 2.24) is 10.1 Å². The first kappa shape index (κ1) is 12.3. The van der Waals surface area contributed by atoms with Crippen LogP contribution in [-0.4, -0.2) is 10.1 Å². The molecule has 0 amide bonds. The Morgan fingerprint density at radius 3 is 2.25 bits per heavy atom. The van der Waals surface area contributed by atoms with Gasteiger partial charge < -0.3 is 10.3 Å². The van der Waals surface area contributed by atoms with Gasteiger partial charge in [-0.2, -0.15) is 0 Å². The van der Waals surface area contributed by atoms with Crippen molar-refractivity contribution in [3.05, 3.63) is 54.4 Å². The van der Waals surface area contributed by atoms with Gasteiger partial charge in [0.15, 0.2) is 0 Å². The topological polar surface area (TPSA) is 64.9 Å². The number of hydrogen-bond acceptors (Lipinski definition) is 4. The highest BCUT2D eigenvalue weighted by molar-refractivity contribution is 5.86. The summed E-state index contributed by atoms with van der Waals surface area (Å²) in [4.78, 5) is 3.88. The van der Waals surface area contributed by atoms with Crippen LogP contribution in [0.3, 0.4) is 0 Å². The number of halogens is 2. The quantitative estimate of drug-likeness (QED) is 0.778. The van der Waals surface area contributed by atoms with Gasteiger partial charge in [-0.25, -0.2) is 8.78 Å². The van der Waals surface area contributed by atoms with E-state index in [2.05, 4.69) is 10.1 Å². The lowest BCUT2D eigenvalue weighted by atomic mass is 10.0. The lowest BCUT2D eigenvalue weighted by Crippen LogP contribution is -1.93. The van der Waals surface area contributed by atoms with Gasteiger partial charge >= 0.3 is 0 Å². The summed E-state index contributed by atoms with van der Waals surface area (Å²) in [5.41, 5.74) is 6.45. The molecule has 0 bridgehead atoms. The van der Waals surface area contributed by atoms with E-state index in [-0.39, 0.29) is 17.1 Å². The molecule has 3 aromatic rings. The SMILES string of the molecule is Nc1onc(-c2c(F)cccc2F)c1-c1ccncc1. The predicted molar refractivity (Wildman–Crippen MR) is 69.5 cm³/mol. The second kappa shape index (κ2) is 4.73. The van der Waals surface area contributed by atoms with Crippen LogP contribution < -0.4 is 5.73 Å². The highest BCUT2D eigenvalue weighted by atomic mass is 19.1. The van der Waals surface area contributed by atoms with E-state index in [1.165, 1.54) is 6.07 Å². The molecule has 0 saturated carbocycles. The molecule has 20 heavy (non-hydrogen) atoms. The maximum Gasteiger partial charge on any atom is 0.230 e. The smallest absolute Gasteiger partial charge is 0.230 e. The van der Waals surface area contributed by atoms with Crippen molar-refractivity contribution in [2.45, 2.75) is 0 Å². The zero-order valence-electron chi connectivity index (χ0n) is 10.2. The molecule has 0 unspecified atom stereocenters. The Balaban J connectivity index is 2.27. The second-order valence-electron chi connectivity index (χ2n) is 4.10. The molecular formula is C14H9F2N3O. The number of hydrogen-bond donors (Lipinski definition) is 1. The van der Waals surface area contributed by atoms with Gasteiger partial charge in [0.25, 0.3) is 0 Å². The lowest BCUT2D eigenvalue weighted by Gasteiger charge is -2.04. The molecule has 4 nitrogen and oxygen atoms in total. The van der Waals surface area contributed by atoms with Crippen LogP contribution in [0.25, 0.3) is 22.4 Å². The van der Waals surface area contributed by atoms with Crippen molar-refractivity contribution >= 4 is 5.88 Å². The van der Waals surface area contributed by atoms with E-state index in [4.69, 9.17) is 10.3 Å². The van der Waals surface area contributed by atoms with Gasteiger partial charge in [0.1, 0.15) is 17.3 Å². The van der Waals surface area contributed by atoms with Gasteiger partial charge in [-0.3, -0.25) is 4.98 Å². The Hall–Kier alpha value is -2.76. The Morgan fingerprint density at radius 2 is 1.60 bits per heavy atom. The molecule has 0 fully saturated rings. The summed E-state index contributed by atoms with van der Waals surface area (Å²) in [5, 5.41) is 3.68. The molecule has 0 radical (unpaired) electrons. The first-order chi connectivity index (χ1) is 9.68. The molecule has 0 aliphatic carbocycles. The predicted octanol–water partition coefficient (Wildman–Crippen LogP) is 3.26. The van der Waals surface area contributed by atoms with Gasteiger partial charge in [0, 0.05) is 12.4 Å². The summed E-state index contributed by atoms with van der Waals surface area (Å²) in [6.07, 6.45) is 3.09. The average Bonchev–Trinajstić information content (AvgIpc) is 2.81. The summed E-state index contributed by atoms with van der Waals surface area (Å²) in [7, 11) is 0. The summed E-state index contributed by atoms with van der Waals surface area (Å²) >= 11 is 0. The second-order valence-corrected chi connectivity index (χ2v) is 4.10. The van der Waals surface area contributed by atoms with Crippen LogP contribution >= 0.6 is 0 Å². The van der Waals surface area contributed by atoms with E-state index in [1.54, 1.807) is 24.5 Å². The Bertz CT molecular complexity index is 736. The fourth-order valence-electron chi connectivity index (χ4n) is 2.00. The van der Waals surface area contributed by atoms with Gasteiger partial charge in [0.2, 0.25) is 5.88 Å². The van der Waals surface area contributed by atoms with Crippen LogP contribution in [0.15, 0.2) is 47.2 Å². The molecule has 100 valence electrons. The minimum Gasteiger partial charge on any atom is -0.367 e. The van der Waals surface area contributed by atoms with Gasteiger partial charge in [-0.15, -0.1) is 0 Å². The number of benzene rings is 1. The van der Waals surface area contributed by atoms with E-state index in [1.807, 2.05) is 0 Å². The van der Waals surface area contributed by atoms with Crippen molar-refractivity contribution in [1.29, 1.82) is 0 Å². The van der Waals surface area contributed by atoms with E-state index < -0.39 is 11.6 Å². The summed E-state index contributed by atoms with van der Waals surface area (Å²) in [6, 6.07) is 6.90. The van der Waals surface area contributed by atoms with E-state index in [9.17, 15) is 8.78 Å². The third-order valence-corrected chi connectivity index (χ3v) is 2.89. The minimum absolute atomic E-state index is 0.00569. The van der Waals surface area contributed by atoms with Crippen molar-refractivity contribution in [2.75, 3.05) is 5.73 Å². The first-order valence-electron chi connectivity index (χ1n) is 5.78. The summed E-state index contributed by atoms with van der Waals surface area (Å²) in [6.45, 7) is 0. The van der Waals surface area contributed by atoms with Crippen LogP contribution in [0.2, 0.25) is 0 Å². The number of nitrogens with two attached hydrogens (primary N) is 1. The van der Waals surface area contributed by atoms with Crippen molar-refractivity contribution in [2.24, 2.45) is 0 Å². The molecule has 2 N–H and O–H groups in total. The van der Waals surface area contributed by atoms with Gasteiger partial charge in [-0.05, 0) is 29.8 Å². The van der Waals surface area contributed by atoms with E-state index in [0.717, 1.165) is 12.1 Å². The molecule has 6 heteroatoms. The highest BCUT2D eigenvalue weighted by Gasteiger charge is 2.22. The van der Waals surface area contributed by atoms with E-state index >= 15 is 0 Å². The largest absolute Gasteiger partial charge is 0.367 e. The molecule has 0 aliphatic heterocycles. The zero-order chi connectivity index (χ0) is 14.1. The zero-order valence-corrected chi connectivity index (χ0v) is 10.2. The number of rotatable bonds is 2. The standard InChI is InChI=1S/C14H9F2N3O/c15-9-2-1-3-10(16)12(9)13-11(14(17)20-19-13)8-4-6-18-7-5-8/h1-7H,17H2. The minimum atomic E-state index is -0.728. The maximum atomic E-state index is 13.9. The Morgan fingerprint density at radius 1 is 0.950 bits per heavy atom. The Labute approximate surface area is 112 Å². The number of aromatic nitrogens is 2. The third kappa shape index (κ3) is 1.91. The van der Waals surface area contributed by atoms with Crippen LogP contribution in [0.5, 0.6) is 0 Å². The van der Waals surface area contributed by atoms with E-state index in [0.29, 0.717) is 11.1 Å². The molecule has 0 saturated heterocycles. The monoisotopic (exact) mass is 273 g/mol. The first-order valence-corrected chi connectivity index (χ1v) is 5.78. The molecule has 0 aliphatic rings. The van der Waals surface area contributed by atoms with Crippen LogP contribution in [-0.2, 0) is 0 Å². The van der Waals surface area contributed by atoms with Crippen LogP contribution in [0.1, 0.15) is 0 Å². The lowest BCUT2D eigenvalue weighted by molar-refractivity contribution is 0.438. The van der Waals surface area contributed by atoms with Crippen molar-refractivity contribution < 1.29 is 13.3 Å². The third-order valence-electron chi connectivity index (χ3n) is 2.89. The summed E-state index contributed by atoms with van der Waals surface area (Å²) < 4.78 is 32.6. The molecular weight excluding hydrogens is 264 g/mol. The van der Waals surface area contributed by atoms with Crippen LogP contribution in [0.4, 0.5) is 14.7 Å². The molecule has 1 aromatic carbocycles. The summed E-state index contributed by atoms with van der Waals surface area (Å²) in [5.74, 6) is -1.46. The highest BCUT2D eigenvalue weighted by Crippen LogP contribution is 2.37. The number of nitrogen functional groups attached to an aromatic ring is 1. The fraction of sp³-hybridized carbons (Fsp3) is 0. The fourth-order valence-corrected chi connectivity index (χ4v) is 2.00. The van der Waals surface area contributed by atoms with Gasteiger partial charge in [0.05, 0.1) is 11.1 Å². The van der Waals surface area contributed by atoms with Gasteiger partial charge in [-0.1, -0.05) is 11.2 Å². The molecule has 2 heterocycles. The van der Waals surface area contributed by atoms with Crippen LogP contribution in [0, 0.1) is 11.6 Å². The Kier molecular flexibility index (Phi) is 2.90.